The molecule has 0 spiro atoms. The molecular weight excluding hydrogens is 278 g/mol. The molecule has 3 heteroatoms. The van der Waals surface area contributed by atoms with Gasteiger partial charge in [-0.1, -0.05) is 55.8 Å². The minimum absolute atomic E-state index is 0.00209. The number of amides is 1. The van der Waals surface area contributed by atoms with Gasteiger partial charge in [0.15, 0.2) is 0 Å². The Balaban J connectivity index is 2.19. The van der Waals surface area contributed by atoms with Gasteiger partial charge >= 0.3 is 0 Å². The van der Waals surface area contributed by atoms with Crippen LogP contribution in [0.2, 0.25) is 0 Å². The van der Waals surface area contributed by atoms with E-state index in [2.05, 4.69) is 24.4 Å². The first-order chi connectivity index (χ1) is 10.3. The monoisotopic (exact) mass is 299 g/mol. The molecule has 0 aliphatic carbocycles. The Morgan fingerprint density at radius 3 is 2.43 bits per heavy atom. The highest BCUT2D eigenvalue weighted by atomic mass is 32.2. The van der Waals surface area contributed by atoms with E-state index in [1.165, 1.54) is 0 Å². The van der Waals surface area contributed by atoms with Crippen molar-refractivity contribution >= 4 is 17.7 Å². The van der Waals surface area contributed by atoms with Crippen molar-refractivity contribution in [3.8, 4) is 0 Å². The second kappa shape index (κ2) is 7.89. The van der Waals surface area contributed by atoms with Gasteiger partial charge in [0.25, 0.3) is 5.91 Å². The second-order valence-electron chi connectivity index (χ2n) is 4.93. The van der Waals surface area contributed by atoms with Crippen LogP contribution in [0.25, 0.3) is 0 Å². The van der Waals surface area contributed by atoms with Crippen LogP contribution in [0, 0.1) is 0 Å². The van der Waals surface area contributed by atoms with E-state index >= 15 is 0 Å². The molecular formula is C18H21NOS. The van der Waals surface area contributed by atoms with Gasteiger partial charge in [0.05, 0.1) is 11.6 Å². The number of benzene rings is 2. The number of rotatable bonds is 6. The zero-order chi connectivity index (χ0) is 15.1. The van der Waals surface area contributed by atoms with Crippen molar-refractivity contribution < 1.29 is 4.79 Å². The van der Waals surface area contributed by atoms with E-state index in [0.717, 1.165) is 28.9 Å². The molecule has 0 heterocycles. The number of carbonyl (C=O) groups excluding carboxylic acids is 1. The lowest BCUT2D eigenvalue weighted by Gasteiger charge is -2.19. The van der Waals surface area contributed by atoms with Gasteiger partial charge in [-0.2, -0.15) is 0 Å². The maximum atomic E-state index is 12.6. The highest BCUT2D eigenvalue weighted by molar-refractivity contribution is 7.98. The third kappa shape index (κ3) is 4.11. The molecule has 1 unspecified atom stereocenters. The van der Waals surface area contributed by atoms with Gasteiger partial charge in [0.1, 0.15) is 0 Å². The van der Waals surface area contributed by atoms with Gasteiger partial charge in [-0.25, -0.2) is 0 Å². The van der Waals surface area contributed by atoms with Crippen molar-refractivity contribution in [2.24, 2.45) is 0 Å². The Kier molecular flexibility index (Phi) is 5.88. The third-order valence-corrected chi connectivity index (χ3v) is 4.23. The lowest BCUT2D eigenvalue weighted by Crippen LogP contribution is -2.28. The van der Waals surface area contributed by atoms with Crippen LogP contribution < -0.4 is 5.32 Å². The van der Waals surface area contributed by atoms with E-state index in [4.69, 9.17) is 0 Å². The quantitative estimate of drug-likeness (QED) is 0.785. The minimum Gasteiger partial charge on any atom is -0.345 e. The zero-order valence-electron chi connectivity index (χ0n) is 12.5. The van der Waals surface area contributed by atoms with Crippen molar-refractivity contribution in [3.05, 3.63) is 65.7 Å². The van der Waals surface area contributed by atoms with Crippen molar-refractivity contribution in [1.29, 1.82) is 0 Å². The minimum atomic E-state index is 0.00209. The molecule has 0 radical (unpaired) electrons. The van der Waals surface area contributed by atoms with Gasteiger partial charge in [0.2, 0.25) is 0 Å². The largest absolute Gasteiger partial charge is 0.345 e. The van der Waals surface area contributed by atoms with Gasteiger partial charge in [-0.3, -0.25) is 4.79 Å². The summed E-state index contributed by atoms with van der Waals surface area (Å²) in [6.45, 7) is 2.14. The summed E-state index contributed by atoms with van der Waals surface area (Å²) in [5.74, 6) is 0.00209. The fourth-order valence-corrected chi connectivity index (χ4v) is 2.96. The molecule has 0 aliphatic heterocycles. The van der Waals surface area contributed by atoms with Crippen LogP contribution in [0.15, 0.2) is 59.5 Å². The summed E-state index contributed by atoms with van der Waals surface area (Å²) in [4.78, 5) is 13.6. The first kappa shape index (κ1) is 15.6. The molecule has 0 bridgehead atoms. The average Bonchev–Trinajstić information content (AvgIpc) is 2.55. The molecule has 110 valence electrons. The van der Waals surface area contributed by atoms with Gasteiger partial charge in [0, 0.05) is 4.90 Å². The van der Waals surface area contributed by atoms with Gasteiger partial charge in [-0.15, -0.1) is 11.8 Å². The molecule has 0 fully saturated rings. The highest BCUT2D eigenvalue weighted by Crippen LogP contribution is 2.23. The number of carbonyl (C=O) groups is 1. The topological polar surface area (TPSA) is 29.1 Å². The van der Waals surface area contributed by atoms with Gasteiger partial charge in [-0.05, 0) is 30.4 Å². The molecule has 0 aliphatic rings. The summed E-state index contributed by atoms with van der Waals surface area (Å²) < 4.78 is 0. The van der Waals surface area contributed by atoms with E-state index < -0.39 is 0 Å². The molecule has 2 aromatic rings. The highest BCUT2D eigenvalue weighted by Gasteiger charge is 2.16. The molecule has 2 aromatic carbocycles. The van der Waals surface area contributed by atoms with E-state index in [0.29, 0.717) is 0 Å². The summed E-state index contributed by atoms with van der Waals surface area (Å²) in [5.41, 5.74) is 1.91. The van der Waals surface area contributed by atoms with Crippen LogP contribution in [-0.2, 0) is 0 Å². The SMILES string of the molecule is CCCC(NC(=O)c1ccccc1SC)c1ccccc1. The first-order valence-corrected chi connectivity index (χ1v) is 8.47. The van der Waals surface area contributed by atoms with Crippen LogP contribution in [-0.4, -0.2) is 12.2 Å². The molecule has 1 N–H and O–H groups in total. The van der Waals surface area contributed by atoms with Crippen LogP contribution in [0.1, 0.15) is 41.7 Å². The number of nitrogens with one attached hydrogen (secondary N) is 1. The Bertz CT molecular complexity index is 583. The predicted molar refractivity (Wildman–Crippen MR) is 89.8 cm³/mol. The van der Waals surface area contributed by atoms with Crippen molar-refractivity contribution in [2.75, 3.05) is 6.26 Å². The predicted octanol–water partition coefficient (Wildman–Crippen LogP) is 4.68. The zero-order valence-corrected chi connectivity index (χ0v) is 13.3. The average molecular weight is 299 g/mol. The van der Waals surface area contributed by atoms with Crippen molar-refractivity contribution in [3.63, 3.8) is 0 Å². The molecule has 0 aromatic heterocycles. The Hall–Kier alpha value is -1.74. The van der Waals surface area contributed by atoms with Crippen LogP contribution in [0.5, 0.6) is 0 Å². The van der Waals surface area contributed by atoms with Crippen LogP contribution in [0.4, 0.5) is 0 Å². The maximum absolute atomic E-state index is 12.6. The summed E-state index contributed by atoms with van der Waals surface area (Å²) in [6, 6.07) is 18.0. The number of hydrogen-bond donors (Lipinski definition) is 1. The molecule has 0 saturated heterocycles. The van der Waals surface area contributed by atoms with E-state index in [1.54, 1.807) is 11.8 Å². The first-order valence-electron chi connectivity index (χ1n) is 7.25. The van der Waals surface area contributed by atoms with Gasteiger partial charge < -0.3 is 5.32 Å². The molecule has 2 nitrogen and oxygen atoms in total. The van der Waals surface area contributed by atoms with E-state index in [1.807, 2.05) is 48.7 Å². The summed E-state index contributed by atoms with van der Waals surface area (Å²) >= 11 is 1.60. The van der Waals surface area contributed by atoms with Crippen molar-refractivity contribution in [2.45, 2.75) is 30.7 Å². The number of hydrogen-bond acceptors (Lipinski definition) is 2. The fourth-order valence-electron chi connectivity index (χ4n) is 2.36. The molecule has 1 amide bonds. The van der Waals surface area contributed by atoms with Crippen LogP contribution in [0.3, 0.4) is 0 Å². The molecule has 0 saturated carbocycles. The van der Waals surface area contributed by atoms with E-state index in [-0.39, 0.29) is 11.9 Å². The standard InChI is InChI=1S/C18H21NOS/c1-3-9-16(14-10-5-4-6-11-14)19-18(20)15-12-7-8-13-17(15)21-2/h4-8,10-13,16H,3,9H2,1-2H3,(H,19,20). The molecule has 2 rings (SSSR count). The lowest BCUT2D eigenvalue weighted by atomic mass is 10.0. The Labute approximate surface area is 131 Å². The summed E-state index contributed by atoms with van der Waals surface area (Å²) in [7, 11) is 0. The maximum Gasteiger partial charge on any atom is 0.252 e. The molecule has 21 heavy (non-hydrogen) atoms. The summed E-state index contributed by atoms with van der Waals surface area (Å²) in [5, 5.41) is 3.17. The van der Waals surface area contributed by atoms with Crippen LogP contribution >= 0.6 is 11.8 Å². The Morgan fingerprint density at radius 2 is 1.76 bits per heavy atom. The number of thioether (sulfide) groups is 1. The summed E-state index contributed by atoms with van der Waals surface area (Å²) in [6.07, 6.45) is 3.97. The normalized spacial score (nSPS) is 11.9. The fraction of sp³-hybridized carbons (Fsp3) is 0.278. The third-order valence-electron chi connectivity index (χ3n) is 3.44. The smallest absolute Gasteiger partial charge is 0.252 e. The van der Waals surface area contributed by atoms with Crippen molar-refractivity contribution in [1.82, 2.24) is 5.32 Å². The second-order valence-corrected chi connectivity index (χ2v) is 5.77. The van der Waals surface area contributed by atoms with E-state index in [9.17, 15) is 4.79 Å². The Morgan fingerprint density at radius 1 is 1.10 bits per heavy atom. The molecule has 1 atom stereocenters. The lowest BCUT2D eigenvalue weighted by molar-refractivity contribution is 0.0931.